The Kier molecular flexibility index (Phi) is 10.9. The van der Waals surface area contributed by atoms with Gasteiger partial charge >= 0.3 is 0 Å². The van der Waals surface area contributed by atoms with Crippen molar-refractivity contribution in [1.29, 1.82) is 0 Å². The average molecular weight is 461 g/mol. The molecule has 6 heteroatoms. The quantitative estimate of drug-likeness (QED) is 0.282. The summed E-state index contributed by atoms with van der Waals surface area (Å²) in [7, 11) is 3.50. The van der Waals surface area contributed by atoms with E-state index in [1.54, 1.807) is 7.11 Å². The van der Waals surface area contributed by atoms with Gasteiger partial charge in [-0.25, -0.2) is 0 Å². The summed E-state index contributed by atoms with van der Waals surface area (Å²) >= 11 is 0. The first-order chi connectivity index (χ1) is 11.7. The van der Waals surface area contributed by atoms with E-state index in [0.717, 1.165) is 29.7 Å². The zero-order chi connectivity index (χ0) is 17.2. The van der Waals surface area contributed by atoms with Crippen molar-refractivity contribution in [2.45, 2.75) is 45.3 Å². The number of nitrogens with zero attached hydrogens (tertiary/aromatic N) is 1. The summed E-state index contributed by atoms with van der Waals surface area (Å²) < 4.78 is 11.1. The number of methoxy groups -OCH3 is 1. The first-order valence-electron chi connectivity index (χ1n) is 8.89. The number of hydrogen-bond acceptors (Lipinski definition) is 3. The van der Waals surface area contributed by atoms with E-state index in [-0.39, 0.29) is 24.0 Å². The molecule has 0 bridgehead atoms. The van der Waals surface area contributed by atoms with Gasteiger partial charge in [-0.1, -0.05) is 38.0 Å². The van der Waals surface area contributed by atoms with Crippen molar-refractivity contribution < 1.29 is 9.47 Å². The molecule has 25 heavy (non-hydrogen) atoms. The highest BCUT2D eigenvalue weighted by atomic mass is 127. The van der Waals surface area contributed by atoms with Crippen LogP contribution in [-0.4, -0.2) is 39.3 Å². The summed E-state index contributed by atoms with van der Waals surface area (Å²) in [6.45, 7) is 4.24. The summed E-state index contributed by atoms with van der Waals surface area (Å²) in [5.74, 6) is 2.54. The second kappa shape index (κ2) is 12.4. The number of aliphatic imine (C=N–C) groups is 1. The van der Waals surface area contributed by atoms with Crippen LogP contribution in [0.4, 0.5) is 0 Å². The lowest BCUT2D eigenvalue weighted by atomic mass is 9.87. The van der Waals surface area contributed by atoms with E-state index in [9.17, 15) is 0 Å². The molecule has 0 aliphatic heterocycles. The maximum absolute atomic E-state index is 5.74. The molecular formula is C19H32IN3O2. The molecule has 2 N–H and O–H groups in total. The maximum atomic E-state index is 5.74. The lowest BCUT2D eigenvalue weighted by Gasteiger charge is -2.28. The number of hydrogen-bond donors (Lipinski definition) is 2. The van der Waals surface area contributed by atoms with Crippen LogP contribution in [0.1, 0.15) is 38.2 Å². The molecule has 1 aliphatic carbocycles. The fraction of sp³-hybridized carbons (Fsp3) is 0.632. The average Bonchev–Trinajstić information content (AvgIpc) is 2.60. The largest absolute Gasteiger partial charge is 0.496 e. The molecule has 0 saturated heterocycles. The Labute approximate surface area is 169 Å². The van der Waals surface area contributed by atoms with Gasteiger partial charge < -0.3 is 20.1 Å². The molecule has 1 aromatic carbocycles. The van der Waals surface area contributed by atoms with Crippen LogP contribution < -0.4 is 15.4 Å². The third kappa shape index (κ3) is 7.81. The highest BCUT2D eigenvalue weighted by Crippen LogP contribution is 2.23. The molecule has 1 aliphatic rings. The lowest BCUT2D eigenvalue weighted by Crippen LogP contribution is -2.45. The standard InChI is InChI=1S/C19H31N3O2.HI/c1-15-7-6-9-17(13-15)22-19(20-2)21-11-12-24-14-16-8-4-5-10-18(16)23-3;/h4-5,8,10,15,17H,6-7,9,11-14H2,1-3H3,(H2,20,21,22);1H. The van der Waals surface area contributed by atoms with Gasteiger partial charge in [-0.15, -0.1) is 24.0 Å². The molecule has 0 heterocycles. The van der Waals surface area contributed by atoms with Crippen molar-refractivity contribution in [3.05, 3.63) is 29.8 Å². The molecule has 0 aromatic heterocycles. The summed E-state index contributed by atoms with van der Waals surface area (Å²) in [5, 5.41) is 6.86. The van der Waals surface area contributed by atoms with Crippen LogP contribution in [0.25, 0.3) is 0 Å². The Morgan fingerprint density at radius 2 is 2.08 bits per heavy atom. The lowest BCUT2D eigenvalue weighted by molar-refractivity contribution is 0.123. The van der Waals surface area contributed by atoms with E-state index in [1.807, 2.05) is 31.3 Å². The molecule has 1 saturated carbocycles. The minimum atomic E-state index is 0. The van der Waals surface area contributed by atoms with Gasteiger partial charge in [-0.05, 0) is 24.8 Å². The van der Waals surface area contributed by atoms with Gasteiger partial charge in [0.2, 0.25) is 0 Å². The molecule has 0 radical (unpaired) electrons. The molecule has 1 aromatic rings. The van der Waals surface area contributed by atoms with Crippen molar-refractivity contribution in [1.82, 2.24) is 10.6 Å². The van der Waals surface area contributed by atoms with Crippen molar-refractivity contribution >= 4 is 29.9 Å². The molecule has 2 rings (SSSR count). The van der Waals surface area contributed by atoms with Crippen LogP contribution in [0.15, 0.2) is 29.3 Å². The van der Waals surface area contributed by atoms with Gasteiger partial charge in [0.05, 0.1) is 20.3 Å². The number of para-hydroxylation sites is 1. The predicted octanol–water partition coefficient (Wildman–Crippen LogP) is 3.57. The third-order valence-electron chi connectivity index (χ3n) is 4.49. The van der Waals surface area contributed by atoms with Crippen LogP contribution >= 0.6 is 24.0 Å². The Bertz CT molecular complexity index is 525. The van der Waals surface area contributed by atoms with Gasteiger partial charge in [0.15, 0.2) is 5.96 Å². The minimum absolute atomic E-state index is 0. The number of guanidine groups is 1. The zero-order valence-electron chi connectivity index (χ0n) is 15.6. The van der Waals surface area contributed by atoms with E-state index < -0.39 is 0 Å². The van der Waals surface area contributed by atoms with Crippen LogP contribution in [0.3, 0.4) is 0 Å². The third-order valence-corrected chi connectivity index (χ3v) is 4.49. The van der Waals surface area contributed by atoms with Crippen molar-refractivity contribution in [3.8, 4) is 5.75 Å². The second-order valence-corrected chi connectivity index (χ2v) is 6.48. The van der Waals surface area contributed by atoms with Gasteiger partial charge in [0, 0.05) is 25.2 Å². The van der Waals surface area contributed by atoms with Gasteiger partial charge in [-0.2, -0.15) is 0 Å². The summed E-state index contributed by atoms with van der Waals surface area (Å²) in [6, 6.07) is 8.47. The fourth-order valence-corrected chi connectivity index (χ4v) is 3.20. The predicted molar refractivity (Wildman–Crippen MR) is 114 cm³/mol. The number of halogens is 1. The van der Waals surface area contributed by atoms with E-state index in [4.69, 9.17) is 9.47 Å². The van der Waals surface area contributed by atoms with Gasteiger partial charge in [0.25, 0.3) is 0 Å². The van der Waals surface area contributed by atoms with Crippen LogP contribution in [0.2, 0.25) is 0 Å². The van der Waals surface area contributed by atoms with Crippen LogP contribution in [-0.2, 0) is 11.3 Å². The molecule has 0 amide bonds. The Morgan fingerprint density at radius 1 is 1.28 bits per heavy atom. The number of benzene rings is 1. The van der Waals surface area contributed by atoms with E-state index in [2.05, 4.69) is 22.5 Å². The summed E-state index contributed by atoms with van der Waals surface area (Å²) in [6.07, 6.45) is 5.11. The Hall–Kier alpha value is -1.02. The first-order valence-corrected chi connectivity index (χ1v) is 8.89. The summed E-state index contributed by atoms with van der Waals surface area (Å²) in [4.78, 5) is 4.31. The van der Waals surface area contributed by atoms with Crippen molar-refractivity contribution in [3.63, 3.8) is 0 Å². The first kappa shape index (κ1) is 22.0. The Balaban J connectivity index is 0.00000312. The fourth-order valence-electron chi connectivity index (χ4n) is 3.20. The molecule has 1 fully saturated rings. The monoisotopic (exact) mass is 461 g/mol. The van der Waals surface area contributed by atoms with Crippen LogP contribution in [0, 0.1) is 5.92 Å². The van der Waals surface area contributed by atoms with Gasteiger partial charge in [0.1, 0.15) is 5.75 Å². The van der Waals surface area contributed by atoms with E-state index >= 15 is 0 Å². The normalized spacial score (nSPS) is 20.5. The number of nitrogens with one attached hydrogen (secondary N) is 2. The topological polar surface area (TPSA) is 54.9 Å². The van der Waals surface area contributed by atoms with Crippen LogP contribution in [0.5, 0.6) is 5.75 Å². The molecule has 2 atom stereocenters. The highest BCUT2D eigenvalue weighted by Gasteiger charge is 2.19. The molecule has 5 nitrogen and oxygen atoms in total. The molecular weight excluding hydrogens is 429 g/mol. The smallest absolute Gasteiger partial charge is 0.191 e. The Morgan fingerprint density at radius 3 is 2.80 bits per heavy atom. The highest BCUT2D eigenvalue weighted by molar-refractivity contribution is 14.0. The van der Waals surface area contributed by atoms with E-state index in [0.29, 0.717) is 19.3 Å². The maximum Gasteiger partial charge on any atom is 0.191 e. The SMILES string of the molecule is CN=C(NCCOCc1ccccc1OC)NC1CCCC(C)C1.I. The minimum Gasteiger partial charge on any atom is -0.496 e. The van der Waals surface area contributed by atoms with E-state index in [1.165, 1.54) is 25.7 Å². The zero-order valence-corrected chi connectivity index (χ0v) is 17.9. The summed E-state index contributed by atoms with van der Waals surface area (Å²) in [5.41, 5.74) is 1.07. The van der Waals surface area contributed by atoms with Gasteiger partial charge in [-0.3, -0.25) is 4.99 Å². The molecule has 142 valence electrons. The van der Waals surface area contributed by atoms with Crippen molar-refractivity contribution in [2.75, 3.05) is 27.3 Å². The van der Waals surface area contributed by atoms with Crippen molar-refractivity contribution in [2.24, 2.45) is 10.9 Å². The molecule has 2 unspecified atom stereocenters. The number of rotatable bonds is 7. The second-order valence-electron chi connectivity index (χ2n) is 6.48. The number of ether oxygens (including phenoxy) is 2. The molecule has 0 spiro atoms.